The first-order valence-corrected chi connectivity index (χ1v) is 5.57. The Bertz CT molecular complexity index is 264. The van der Waals surface area contributed by atoms with E-state index in [2.05, 4.69) is 15.4 Å². The van der Waals surface area contributed by atoms with Crippen LogP contribution in [-0.4, -0.2) is 36.6 Å². The van der Waals surface area contributed by atoms with Crippen LogP contribution >= 0.6 is 0 Å². The Labute approximate surface area is 83.3 Å². The van der Waals surface area contributed by atoms with Crippen LogP contribution in [0.2, 0.25) is 0 Å². The number of rotatable bonds is 0. The highest BCUT2D eigenvalue weighted by molar-refractivity contribution is 5.56. The Kier molecular flexibility index (Phi) is 1.20. The molecular weight excluding hydrogens is 178 g/mol. The van der Waals surface area contributed by atoms with Crippen LogP contribution in [-0.2, 0) is 4.84 Å². The molecule has 0 aromatic heterocycles. The fraction of sp³-hybridized carbons (Fsp3) is 0.900. The van der Waals surface area contributed by atoms with E-state index in [0.717, 1.165) is 5.92 Å². The summed E-state index contributed by atoms with van der Waals surface area (Å²) in [6.07, 6.45) is 4.38. The zero-order valence-electron chi connectivity index (χ0n) is 8.15. The van der Waals surface area contributed by atoms with Crippen LogP contribution in [0.4, 0.5) is 0 Å². The fourth-order valence-corrected chi connectivity index (χ4v) is 4.02. The van der Waals surface area contributed by atoms with E-state index in [0.29, 0.717) is 11.8 Å². The number of nitrogens with zero attached hydrogens (tertiary/aromatic N) is 2. The third-order valence-corrected chi connectivity index (χ3v) is 4.47. The summed E-state index contributed by atoms with van der Waals surface area (Å²) < 4.78 is 0. The Hall–Kier alpha value is -0.770. The predicted octanol–water partition coefficient (Wildman–Crippen LogP) is 0.217. The van der Waals surface area contributed by atoms with E-state index in [9.17, 15) is 0 Å². The second kappa shape index (κ2) is 2.24. The zero-order valence-corrected chi connectivity index (χ0v) is 8.15. The van der Waals surface area contributed by atoms with E-state index in [1.54, 1.807) is 6.34 Å². The predicted molar refractivity (Wildman–Crippen MR) is 51.6 cm³/mol. The molecule has 4 nitrogen and oxygen atoms in total. The number of piperidine rings is 3. The highest BCUT2D eigenvalue weighted by Crippen LogP contribution is 2.50. The van der Waals surface area contributed by atoms with E-state index in [1.165, 1.54) is 32.5 Å². The molecule has 0 aromatic rings. The van der Waals surface area contributed by atoms with Crippen LogP contribution < -0.4 is 5.32 Å². The van der Waals surface area contributed by atoms with Crippen molar-refractivity contribution in [3.05, 3.63) is 0 Å². The van der Waals surface area contributed by atoms with Crippen molar-refractivity contribution < 1.29 is 4.84 Å². The largest absolute Gasteiger partial charge is 0.365 e. The van der Waals surface area contributed by atoms with Gasteiger partial charge in [-0.15, -0.1) is 0 Å². The highest BCUT2D eigenvalue weighted by Gasteiger charge is 2.60. The van der Waals surface area contributed by atoms with Gasteiger partial charge in [-0.2, -0.15) is 0 Å². The summed E-state index contributed by atoms with van der Waals surface area (Å²) in [5, 5.41) is 7.30. The quantitative estimate of drug-likeness (QED) is 0.598. The zero-order chi connectivity index (χ0) is 9.17. The molecule has 4 heterocycles. The minimum absolute atomic E-state index is 0.118. The van der Waals surface area contributed by atoms with Gasteiger partial charge in [-0.1, -0.05) is 5.16 Å². The van der Waals surface area contributed by atoms with Crippen LogP contribution in [0, 0.1) is 17.8 Å². The second-order valence-corrected chi connectivity index (χ2v) is 5.21. The molecule has 4 fully saturated rings. The van der Waals surface area contributed by atoms with E-state index >= 15 is 0 Å². The number of oxime groups is 1. The summed E-state index contributed by atoms with van der Waals surface area (Å²) in [4.78, 5) is 8.25. The lowest BCUT2D eigenvalue weighted by molar-refractivity contribution is -0.208. The maximum Gasteiger partial charge on any atom is 0.216 e. The molecule has 2 atom stereocenters. The first-order chi connectivity index (χ1) is 6.87. The minimum atomic E-state index is -0.118. The van der Waals surface area contributed by atoms with Gasteiger partial charge < -0.3 is 15.1 Å². The molecule has 5 rings (SSSR count). The summed E-state index contributed by atoms with van der Waals surface area (Å²) >= 11 is 0. The SMILES string of the molecule is C1=NOC2(N1)C1CC3CC2CN(C3)C1. The van der Waals surface area contributed by atoms with E-state index in [1.807, 2.05) is 0 Å². The molecular formula is C10H15N3O. The number of hydrogen-bond donors (Lipinski definition) is 1. The van der Waals surface area contributed by atoms with Crippen LogP contribution in [0.25, 0.3) is 0 Å². The third kappa shape index (κ3) is 0.726. The van der Waals surface area contributed by atoms with Crippen LogP contribution in [0.1, 0.15) is 12.8 Å². The van der Waals surface area contributed by atoms with Crippen molar-refractivity contribution in [1.82, 2.24) is 10.2 Å². The van der Waals surface area contributed by atoms with Crippen molar-refractivity contribution in [3.63, 3.8) is 0 Å². The first kappa shape index (κ1) is 7.51. The molecule has 3 saturated heterocycles. The lowest BCUT2D eigenvalue weighted by atomic mass is 9.63. The molecule has 76 valence electrons. The molecule has 1 aliphatic carbocycles. The summed E-state index contributed by atoms with van der Waals surface area (Å²) in [7, 11) is 0. The maximum atomic E-state index is 5.65. The van der Waals surface area contributed by atoms with Gasteiger partial charge >= 0.3 is 0 Å². The van der Waals surface area contributed by atoms with Gasteiger partial charge in [-0.3, -0.25) is 0 Å². The van der Waals surface area contributed by atoms with Gasteiger partial charge in [0, 0.05) is 31.5 Å². The molecule has 14 heavy (non-hydrogen) atoms. The van der Waals surface area contributed by atoms with Crippen molar-refractivity contribution in [2.24, 2.45) is 22.9 Å². The fourth-order valence-electron chi connectivity index (χ4n) is 4.02. The third-order valence-electron chi connectivity index (χ3n) is 4.47. The Morgan fingerprint density at radius 2 is 2.07 bits per heavy atom. The van der Waals surface area contributed by atoms with E-state index in [4.69, 9.17) is 4.84 Å². The van der Waals surface area contributed by atoms with Gasteiger partial charge in [-0.05, 0) is 18.8 Å². The van der Waals surface area contributed by atoms with Crippen LogP contribution in [0.5, 0.6) is 0 Å². The number of hydrogen-bond acceptors (Lipinski definition) is 4. The molecule has 4 bridgehead atoms. The highest BCUT2D eigenvalue weighted by atomic mass is 16.7. The average molecular weight is 193 g/mol. The minimum Gasteiger partial charge on any atom is -0.365 e. The van der Waals surface area contributed by atoms with Gasteiger partial charge in [0.05, 0.1) is 0 Å². The van der Waals surface area contributed by atoms with Gasteiger partial charge in [0.15, 0.2) is 0 Å². The average Bonchev–Trinajstić information content (AvgIpc) is 2.63. The molecule has 0 aromatic carbocycles. The lowest BCUT2D eigenvalue weighted by Gasteiger charge is -2.58. The molecule has 1 spiro atoms. The Morgan fingerprint density at radius 1 is 1.29 bits per heavy atom. The Morgan fingerprint density at radius 3 is 2.64 bits per heavy atom. The summed E-state index contributed by atoms with van der Waals surface area (Å²) in [6.45, 7) is 3.72. The molecule has 0 amide bonds. The molecule has 1 N–H and O–H groups in total. The summed E-state index contributed by atoms with van der Waals surface area (Å²) in [5.41, 5.74) is -0.118. The molecule has 2 unspecified atom stereocenters. The van der Waals surface area contributed by atoms with Crippen LogP contribution in [0.15, 0.2) is 5.16 Å². The summed E-state index contributed by atoms with van der Waals surface area (Å²) in [6, 6.07) is 0. The molecule has 4 heteroatoms. The van der Waals surface area contributed by atoms with Crippen molar-refractivity contribution in [3.8, 4) is 0 Å². The van der Waals surface area contributed by atoms with Crippen molar-refractivity contribution >= 4 is 6.34 Å². The van der Waals surface area contributed by atoms with Gasteiger partial charge in [0.25, 0.3) is 0 Å². The first-order valence-electron chi connectivity index (χ1n) is 5.57. The topological polar surface area (TPSA) is 36.9 Å². The molecule has 0 radical (unpaired) electrons. The van der Waals surface area contributed by atoms with Crippen LogP contribution in [0.3, 0.4) is 0 Å². The molecule has 4 aliphatic heterocycles. The standard InChI is InChI=1S/C10H15N3O/c1-7-2-9-5-13(3-7)4-8(1)10(9)11-6-12-14-10/h6-9H,1-5H2,(H,11,12). The number of nitrogens with one attached hydrogen (secondary N) is 1. The summed E-state index contributed by atoms with van der Waals surface area (Å²) in [5.74, 6) is 2.22. The molecule has 5 aliphatic rings. The van der Waals surface area contributed by atoms with Crippen molar-refractivity contribution in [2.75, 3.05) is 19.6 Å². The van der Waals surface area contributed by atoms with Crippen molar-refractivity contribution in [1.29, 1.82) is 0 Å². The van der Waals surface area contributed by atoms with Crippen molar-refractivity contribution in [2.45, 2.75) is 18.6 Å². The smallest absolute Gasteiger partial charge is 0.216 e. The van der Waals surface area contributed by atoms with E-state index in [-0.39, 0.29) is 5.72 Å². The monoisotopic (exact) mass is 193 g/mol. The van der Waals surface area contributed by atoms with E-state index < -0.39 is 0 Å². The second-order valence-electron chi connectivity index (χ2n) is 5.21. The maximum absolute atomic E-state index is 5.65. The Balaban J connectivity index is 1.74. The van der Waals surface area contributed by atoms with Gasteiger partial charge in [-0.25, -0.2) is 0 Å². The lowest BCUT2D eigenvalue weighted by Crippen LogP contribution is -2.70. The normalized spacial score (nSPS) is 57.7. The molecule has 1 saturated carbocycles. The van der Waals surface area contributed by atoms with Gasteiger partial charge in [0.2, 0.25) is 5.72 Å². The van der Waals surface area contributed by atoms with Gasteiger partial charge in [0.1, 0.15) is 6.34 Å².